The van der Waals surface area contributed by atoms with Crippen LogP contribution in [-0.4, -0.2) is 34.3 Å². The average Bonchev–Trinajstić information content (AvgIpc) is 2.39. The zero-order chi connectivity index (χ0) is 16.3. The number of carbonyl (C=O) groups is 1. The molecule has 0 radical (unpaired) electrons. The summed E-state index contributed by atoms with van der Waals surface area (Å²) in [6.07, 6.45) is 5.54. The van der Waals surface area contributed by atoms with Gasteiger partial charge >= 0.3 is 5.97 Å². The number of carboxylic acids is 1. The fraction of sp³-hybridized carbons (Fsp3) is 0.800. The van der Waals surface area contributed by atoms with Crippen molar-refractivity contribution in [2.75, 3.05) is 0 Å². The van der Waals surface area contributed by atoms with Gasteiger partial charge in [0.2, 0.25) is 6.43 Å². The van der Waals surface area contributed by atoms with Gasteiger partial charge in [-0.1, -0.05) is 25.0 Å². The Hall–Kier alpha value is -1.01. The molecule has 6 heteroatoms. The highest BCUT2D eigenvalue weighted by atomic mass is 19.3. The Morgan fingerprint density at radius 1 is 1.14 bits per heavy atom. The molecule has 0 aromatic heterocycles. The van der Waals surface area contributed by atoms with Crippen LogP contribution in [0.2, 0.25) is 0 Å². The fourth-order valence-corrected chi connectivity index (χ4v) is 1.85. The molecule has 0 heterocycles. The summed E-state index contributed by atoms with van der Waals surface area (Å²) in [6, 6.07) is 0. The summed E-state index contributed by atoms with van der Waals surface area (Å²) >= 11 is 0. The first-order chi connectivity index (χ1) is 9.78. The first-order valence-electron chi connectivity index (χ1n) is 7.42. The highest BCUT2D eigenvalue weighted by molar-refractivity contribution is 5.78. The third-order valence-electron chi connectivity index (χ3n) is 3.47. The third kappa shape index (κ3) is 9.52. The van der Waals surface area contributed by atoms with Gasteiger partial charge in [-0.2, -0.15) is 0 Å². The molecule has 0 saturated heterocycles. The quantitative estimate of drug-likeness (QED) is 0.382. The van der Waals surface area contributed by atoms with Crippen molar-refractivity contribution in [2.24, 2.45) is 5.73 Å². The third-order valence-corrected chi connectivity index (χ3v) is 3.47. The van der Waals surface area contributed by atoms with Crippen LogP contribution in [0.25, 0.3) is 0 Å². The lowest BCUT2D eigenvalue weighted by molar-refractivity contribution is -0.147. The van der Waals surface area contributed by atoms with Gasteiger partial charge in [0.1, 0.15) is 5.54 Å². The number of nitrogens with two attached hydrogens (primary N) is 1. The minimum absolute atomic E-state index is 0.0187. The minimum atomic E-state index is -2.20. The molecule has 0 amide bonds. The van der Waals surface area contributed by atoms with Crippen molar-refractivity contribution in [1.29, 1.82) is 0 Å². The zero-order valence-electron chi connectivity index (χ0n) is 12.6. The van der Waals surface area contributed by atoms with Gasteiger partial charge in [0.15, 0.2) is 0 Å². The minimum Gasteiger partial charge on any atom is -0.480 e. The van der Waals surface area contributed by atoms with Crippen molar-refractivity contribution in [3.05, 3.63) is 12.2 Å². The van der Waals surface area contributed by atoms with Gasteiger partial charge < -0.3 is 15.9 Å². The predicted molar refractivity (Wildman–Crippen MR) is 78.3 cm³/mol. The van der Waals surface area contributed by atoms with Crippen LogP contribution in [-0.2, 0) is 4.79 Å². The standard InChI is InChI=1S/C15H27F2NO3/c1-15(18,14(20)21)12(19)10-8-6-4-2-3-5-7-9-11-13(16)17/h4,6,12-13,19H,2-3,5,7-11,18H2,1H3,(H,20,21)/t12?,15-/m0/s1. The number of unbranched alkanes of at least 4 members (excludes halogenated alkanes) is 4. The van der Waals surface area contributed by atoms with Crippen molar-refractivity contribution < 1.29 is 23.8 Å². The molecule has 0 saturated carbocycles. The maximum atomic E-state index is 11.9. The van der Waals surface area contributed by atoms with Crippen LogP contribution in [0.1, 0.15) is 58.3 Å². The number of hydrogen-bond donors (Lipinski definition) is 3. The van der Waals surface area contributed by atoms with E-state index in [0.717, 1.165) is 25.7 Å². The lowest BCUT2D eigenvalue weighted by Crippen LogP contribution is -2.54. The van der Waals surface area contributed by atoms with Crippen LogP contribution in [0, 0.1) is 0 Å². The molecule has 0 aromatic carbocycles. The van der Waals surface area contributed by atoms with Crippen LogP contribution in [0.4, 0.5) is 8.78 Å². The van der Waals surface area contributed by atoms with E-state index in [4.69, 9.17) is 10.8 Å². The molecule has 0 aliphatic heterocycles. The molecule has 0 rings (SSSR count). The van der Waals surface area contributed by atoms with Gasteiger partial charge in [-0.25, -0.2) is 8.78 Å². The first-order valence-corrected chi connectivity index (χ1v) is 7.42. The topological polar surface area (TPSA) is 83.6 Å². The molecular weight excluding hydrogens is 280 g/mol. The summed E-state index contributed by atoms with van der Waals surface area (Å²) in [5, 5.41) is 18.5. The molecule has 124 valence electrons. The molecular formula is C15H27F2NO3. The molecule has 0 bridgehead atoms. The van der Waals surface area contributed by atoms with E-state index in [1.165, 1.54) is 6.92 Å². The summed E-state index contributed by atoms with van der Waals surface area (Å²) < 4.78 is 23.7. The van der Waals surface area contributed by atoms with Crippen molar-refractivity contribution in [2.45, 2.75) is 76.4 Å². The molecule has 0 aromatic rings. The largest absolute Gasteiger partial charge is 0.480 e. The average molecular weight is 307 g/mol. The normalized spacial score (nSPS) is 16.3. The second-order valence-corrected chi connectivity index (χ2v) is 5.54. The maximum Gasteiger partial charge on any atom is 0.326 e. The molecule has 0 aliphatic carbocycles. The monoisotopic (exact) mass is 307 g/mol. The summed E-state index contributed by atoms with van der Waals surface area (Å²) in [5.41, 5.74) is 3.88. The number of aliphatic hydroxyl groups is 1. The number of hydrogen-bond acceptors (Lipinski definition) is 3. The lowest BCUT2D eigenvalue weighted by atomic mass is 9.93. The number of carboxylic acid groups (broad SMARTS) is 1. The summed E-state index contributed by atoms with van der Waals surface area (Å²) in [6.45, 7) is 1.29. The highest BCUT2D eigenvalue weighted by Crippen LogP contribution is 2.13. The highest BCUT2D eigenvalue weighted by Gasteiger charge is 2.35. The van der Waals surface area contributed by atoms with E-state index in [1.807, 2.05) is 12.2 Å². The molecule has 2 atom stereocenters. The molecule has 4 N–H and O–H groups in total. The van der Waals surface area contributed by atoms with E-state index in [9.17, 15) is 18.7 Å². The van der Waals surface area contributed by atoms with Crippen LogP contribution in [0.15, 0.2) is 12.2 Å². The summed E-state index contributed by atoms with van der Waals surface area (Å²) in [4.78, 5) is 10.8. The van der Waals surface area contributed by atoms with Crippen LogP contribution < -0.4 is 5.73 Å². The molecule has 1 unspecified atom stereocenters. The van der Waals surface area contributed by atoms with Crippen LogP contribution in [0.3, 0.4) is 0 Å². The van der Waals surface area contributed by atoms with E-state index < -0.39 is 24.0 Å². The van der Waals surface area contributed by atoms with E-state index >= 15 is 0 Å². The lowest BCUT2D eigenvalue weighted by Gasteiger charge is -2.25. The summed E-state index contributed by atoms with van der Waals surface area (Å²) in [5.74, 6) is -1.22. The summed E-state index contributed by atoms with van der Waals surface area (Å²) in [7, 11) is 0. The van der Waals surface area contributed by atoms with E-state index in [1.54, 1.807) is 0 Å². The second kappa shape index (κ2) is 10.7. The van der Waals surface area contributed by atoms with Crippen molar-refractivity contribution in [1.82, 2.24) is 0 Å². The fourth-order valence-electron chi connectivity index (χ4n) is 1.85. The van der Waals surface area contributed by atoms with E-state index in [-0.39, 0.29) is 6.42 Å². The second-order valence-electron chi connectivity index (χ2n) is 5.54. The number of aliphatic carboxylic acids is 1. The van der Waals surface area contributed by atoms with Crippen molar-refractivity contribution in [3.63, 3.8) is 0 Å². The Labute approximate surface area is 125 Å². The van der Waals surface area contributed by atoms with Gasteiger partial charge in [-0.3, -0.25) is 4.79 Å². The number of alkyl halides is 2. The Balaban J connectivity index is 3.59. The predicted octanol–water partition coefficient (Wildman–Crippen LogP) is 3.09. The SMILES string of the molecule is C[C@@](N)(C(=O)O)C(O)CCC=CCCCCCCC(F)F. The molecule has 0 aliphatic rings. The van der Waals surface area contributed by atoms with Gasteiger partial charge in [-0.15, -0.1) is 0 Å². The van der Waals surface area contributed by atoms with Crippen molar-refractivity contribution >= 4 is 5.97 Å². The molecule has 0 fully saturated rings. The first kappa shape index (κ1) is 20.0. The van der Waals surface area contributed by atoms with Gasteiger partial charge in [0.05, 0.1) is 6.10 Å². The molecule has 4 nitrogen and oxygen atoms in total. The van der Waals surface area contributed by atoms with Gasteiger partial charge in [-0.05, 0) is 39.0 Å². The Morgan fingerprint density at radius 2 is 1.71 bits per heavy atom. The van der Waals surface area contributed by atoms with Crippen LogP contribution >= 0.6 is 0 Å². The Kier molecular flexibility index (Phi) is 10.2. The molecule has 0 spiro atoms. The number of halogens is 2. The van der Waals surface area contributed by atoms with Crippen LogP contribution in [0.5, 0.6) is 0 Å². The number of aliphatic hydroxyl groups excluding tert-OH is 1. The number of allylic oxidation sites excluding steroid dienone is 2. The van der Waals surface area contributed by atoms with Gasteiger partial charge in [0, 0.05) is 6.42 Å². The zero-order valence-corrected chi connectivity index (χ0v) is 12.6. The van der Waals surface area contributed by atoms with E-state index in [2.05, 4.69) is 0 Å². The van der Waals surface area contributed by atoms with Gasteiger partial charge in [0.25, 0.3) is 0 Å². The Morgan fingerprint density at radius 3 is 2.29 bits per heavy atom. The Bertz CT molecular complexity index is 320. The number of rotatable bonds is 12. The maximum absolute atomic E-state index is 11.9. The van der Waals surface area contributed by atoms with E-state index in [0.29, 0.717) is 19.3 Å². The smallest absolute Gasteiger partial charge is 0.326 e. The van der Waals surface area contributed by atoms with Crippen molar-refractivity contribution in [3.8, 4) is 0 Å². The molecule has 21 heavy (non-hydrogen) atoms.